The third kappa shape index (κ3) is 3.84. The first-order valence-electron chi connectivity index (χ1n) is 10.2. The number of halogens is 2. The number of amides is 1. The molecule has 4 fully saturated rings. The molecule has 1 unspecified atom stereocenters. The fourth-order valence-corrected chi connectivity index (χ4v) is 5.31. The Labute approximate surface area is 185 Å². The van der Waals surface area contributed by atoms with Crippen LogP contribution >= 0.6 is 23.2 Å². The third-order valence-corrected chi connectivity index (χ3v) is 6.87. The number of aromatic nitrogens is 1. The topological polar surface area (TPSA) is 63.7 Å². The van der Waals surface area contributed by atoms with Crippen molar-refractivity contribution in [2.45, 2.75) is 42.9 Å². The van der Waals surface area contributed by atoms with Gasteiger partial charge in [0.05, 0.1) is 5.02 Å². The van der Waals surface area contributed by atoms with Gasteiger partial charge in [0, 0.05) is 41.5 Å². The molecule has 1 aliphatic heterocycles. The van der Waals surface area contributed by atoms with Gasteiger partial charge in [-0.3, -0.25) is 9.69 Å². The van der Waals surface area contributed by atoms with Gasteiger partial charge in [-0.2, -0.15) is 0 Å². The Balaban J connectivity index is 1.06. The van der Waals surface area contributed by atoms with E-state index in [2.05, 4.69) is 15.2 Å². The van der Waals surface area contributed by atoms with E-state index in [1.54, 1.807) is 36.5 Å². The Hall–Kier alpha value is -2.02. The first kappa shape index (κ1) is 19.9. The van der Waals surface area contributed by atoms with Gasteiger partial charge >= 0.3 is 0 Å². The lowest BCUT2D eigenvalue weighted by Gasteiger charge is -2.73. The number of likely N-dealkylation sites (tertiary alicyclic amines) is 1. The van der Waals surface area contributed by atoms with Gasteiger partial charge in [-0.25, -0.2) is 4.98 Å². The molecule has 1 aromatic carbocycles. The molecule has 6 rings (SSSR count). The van der Waals surface area contributed by atoms with Crippen molar-refractivity contribution in [2.24, 2.45) is 0 Å². The molecule has 30 heavy (non-hydrogen) atoms. The van der Waals surface area contributed by atoms with Crippen LogP contribution in [0.25, 0.3) is 0 Å². The number of rotatable bonds is 7. The summed E-state index contributed by atoms with van der Waals surface area (Å²) in [6.45, 7) is 1.93. The highest BCUT2D eigenvalue weighted by Crippen LogP contribution is 2.64. The molecule has 6 nitrogen and oxygen atoms in total. The summed E-state index contributed by atoms with van der Waals surface area (Å²) in [6.07, 6.45) is 5.73. The number of ether oxygens (including phenoxy) is 2. The molecule has 2 heterocycles. The maximum Gasteiger partial charge on any atom is 0.258 e. The molecule has 1 N–H and O–H groups in total. The Kier molecular flexibility index (Phi) is 5.04. The zero-order valence-corrected chi connectivity index (χ0v) is 18.0. The van der Waals surface area contributed by atoms with Crippen molar-refractivity contribution in [3.63, 3.8) is 0 Å². The second-order valence-corrected chi connectivity index (χ2v) is 9.49. The monoisotopic (exact) mass is 447 g/mol. The summed E-state index contributed by atoms with van der Waals surface area (Å²) in [4.78, 5) is 19.1. The summed E-state index contributed by atoms with van der Waals surface area (Å²) in [5.41, 5.74) is 0.160. The van der Waals surface area contributed by atoms with Gasteiger partial charge < -0.3 is 14.8 Å². The lowest BCUT2D eigenvalue weighted by atomic mass is 9.43. The zero-order chi connectivity index (χ0) is 20.8. The summed E-state index contributed by atoms with van der Waals surface area (Å²) in [5, 5.41) is 4.42. The van der Waals surface area contributed by atoms with Crippen molar-refractivity contribution in [2.75, 3.05) is 19.7 Å². The van der Waals surface area contributed by atoms with E-state index < -0.39 is 0 Å². The van der Waals surface area contributed by atoms with Crippen LogP contribution in [0, 0.1) is 0 Å². The van der Waals surface area contributed by atoms with Gasteiger partial charge in [0.25, 0.3) is 5.91 Å². The van der Waals surface area contributed by atoms with Crippen molar-refractivity contribution in [3.05, 3.63) is 52.6 Å². The first-order chi connectivity index (χ1) is 14.4. The van der Waals surface area contributed by atoms with Gasteiger partial charge in [-0.05, 0) is 56.0 Å². The second kappa shape index (κ2) is 7.59. The average Bonchev–Trinajstić information content (AvgIpc) is 3.13. The van der Waals surface area contributed by atoms with Crippen LogP contribution < -0.4 is 14.8 Å². The number of nitrogens with one attached hydrogen (secondary N) is 1. The molecule has 0 spiro atoms. The Morgan fingerprint density at radius 3 is 2.57 bits per heavy atom. The van der Waals surface area contributed by atoms with E-state index in [0.29, 0.717) is 21.7 Å². The van der Waals surface area contributed by atoms with Crippen LogP contribution in [0.5, 0.6) is 11.6 Å². The fourth-order valence-electron chi connectivity index (χ4n) is 5.07. The molecule has 3 aliphatic carbocycles. The van der Waals surface area contributed by atoms with Crippen LogP contribution in [0.3, 0.4) is 0 Å². The molecule has 3 saturated carbocycles. The minimum absolute atomic E-state index is 0.0180. The molecule has 4 aliphatic rings. The predicted molar refractivity (Wildman–Crippen MR) is 114 cm³/mol. The predicted octanol–water partition coefficient (Wildman–Crippen LogP) is 3.71. The van der Waals surface area contributed by atoms with Crippen LogP contribution in [0.4, 0.5) is 0 Å². The second-order valence-electron chi connectivity index (χ2n) is 8.61. The lowest BCUT2D eigenvalue weighted by Crippen LogP contribution is -2.83. The number of carbonyl (C=O) groups is 1. The SMILES string of the molecule is O=C(COc1ccc(Cl)cc1)NC12CC(N3CCC(Oc4ccc(Cl)cn4)C3)(C1)C2. The van der Waals surface area contributed by atoms with E-state index in [0.717, 1.165) is 38.8 Å². The summed E-state index contributed by atoms with van der Waals surface area (Å²) in [6, 6.07) is 10.6. The molecular formula is C22H23Cl2N3O3. The number of benzene rings is 1. The molecule has 158 valence electrons. The van der Waals surface area contributed by atoms with E-state index in [1.165, 1.54) is 0 Å². The summed E-state index contributed by atoms with van der Waals surface area (Å²) in [5.74, 6) is 1.19. The van der Waals surface area contributed by atoms with Crippen LogP contribution in [0.15, 0.2) is 42.6 Å². The average molecular weight is 448 g/mol. The molecule has 0 radical (unpaired) electrons. The number of hydrogen-bond donors (Lipinski definition) is 1. The molecule has 8 heteroatoms. The molecule has 1 saturated heterocycles. The molecule has 2 aromatic rings. The quantitative estimate of drug-likeness (QED) is 0.700. The van der Waals surface area contributed by atoms with Gasteiger partial charge in [-0.15, -0.1) is 0 Å². The van der Waals surface area contributed by atoms with E-state index >= 15 is 0 Å². The zero-order valence-electron chi connectivity index (χ0n) is 16.4. The lowest BCUT2D eigenvalue weighted by molar-refractivity contribution is -0.179. The van der Waals surface area contributed by atoms with Crippen molar-refractivity contribution in [3.8, 4) is 11.6 Å². The molecule has 2 bridgehead atoms. The van der Waals surface area contributed by atoms with Crippen molar-refractivity contribution < 1.29 is 14.3 Å². The van der Waals surface area contributed by atoms with Crippen LogP contribution in [-0.4, -0.2) is 52.7 Å². The minimum atomic E-state index is -0.0744. The van der Waals surface area contributed by atoms with Gasteiger partial charge in [0.2, 0.25) is 5.88 Å². The number of hydrogen-bond acceptors (Lipinski definition) is 5. The van der Waals surface area contributed by atoms with Crippen LogP contribution in [0.2, 0.25) is 10.0 Å². The summed E-state index contributed by atoms with van der Waals surface area (Å²) < 4.78 is 11.6. The van der Waals surface area contributed by atoms with Crippen molar-refractivity contribution >= 4 is 29.1 Å². The number of nitrogens with zero attached hydrogens (tertiary/aromatic N) is 2. The van der Waals surface area contributed by atoms with Crippen LogP contribution in [-0.2, 0) is 4.79 Å². The Morgan fingerprint density at radius 1 is 1.13 bits per heavy atom. The highest BCUT2D eigenvalue weighted by molar-refractivity contribution is 6.30. The first-order valence-corrected chi connectivity index (χ1v) is 10.9. The molecule has 1 atom stereocenters. The van der Waals surface area contributed by atoms with Crippen molar-refractivity contribution in [1.29, 1.82) is 0 Å². The summed E-state index contributed by atoms with van der Waals surface area (Å²) >= 11 is 11.7. The van der Waals surface area contributed by atoms with E-state index in [1.807, 2.05) is 6.07 Å². The van der Waals surface area contributed by atoms with E-state index in [9.17, 15) is 4.79 Å². The Morgan fingerprint density at radius 2 is 1.87 bits per heavy atom. The standard InChI is InChI=1S/C22H23Cl2N3O3/c23-15-1-4-17(5-2-15)29-11-19(28)26-21-12-22(13-21,14-21)27-8-7-18(10-27)30-20-6-3-16(24)9-25-20/h1-6,9,18H,7-8,10-14H2,(H,26,28). The maximum atomic E-state index is 12.3. The normalized spacial score (nSPS) is 29.6. The highest BCUT2D eigenvalue weighted by atomic mass is 35.5. The fraction of sp³-hybridized carbons (Fsp3) is 0.455. The maximum absolute atomic E-state index is 12.3. The molecule has 1 aromatic heterocycles. The largest absolute Gasteiger partial charge is 0.484 e. The number of carbonyl (C=O) groups excluding carboxylic acids is 1. The van der Waals surface area contributed by atoms with Gasteiger partial charge in [0.15, 0.2) is 6.61 Å². The van der Waals surface area contributed by atoms with E-state index in [-0.39, 0.29) is 29.7 Å². The van der Waals surface area contributed by atoms with Gasteiger partial charge in [-0.1, -0.05) is 23.2 Å². The van der Waals surface area contributed by atoms with E-state index in [4.69, 9.17) is 32.7 Å². The van der Waals surface area contributed by atoms with Crippen molar-refractivity contribution in [1.82, 2.24) is 15.2 Å². The Bertz CT molecular complexity index is 916. The van der Waals surface area contributed by atoms with Gasteiger partial charge in [0.1, 0.15) is 11.9 Å². The summed E-state index contributed by atoms with van der Waals surface area (Å²) in [7, 11) is 0. The molecule has 1 amide bonds. The highest BCUT2D eigenvalue weighted by Gasteiger charge is 2.71. The molecular weight excluding hydrogens is 425 g/mol. The number of pyridine rings is 1. The third-order valence-electron chi connectivity index (χ3n) is 6.39. The smallest absolute Gasteiger partial charge is 0.258 e. The van der Waals surface area contributed by atoms with Crippen LogP contribution in [0.1, 0.15) is 25.7 Å². The minimum Gasteiger partial charge on any atom is -0.484 e.